The van der Waals surface area contributed by atoms with Crippen LogP contribution in [-0.2, 0) is 4.79 Å². The van der Waals surface area contributed by atoms with Gasteiger partial charge in [0.25, 0.3) is 0 Å². The van der Waals surface area contributed by atoms with Crippen LogP contribution in [0, 0.1) is 0 Å². The monoisotopic (exact) mass is 490 g/mol. The van der Waals surface area contributed by atoms with Gasteiger partial charge in [-0.05, 0) is 36.4 Å². The smallest absolute Gasteiger partial charge is 0.387 e. The minimum atomic E-state index is -2.95. The fourth-order valence-electron chi connectivity index (χ4n) is 2.06. The van der Waals surface area contributed by atoms with Gasteiger partial charge in [0.05, 0.1) is 14.9 Å². The second-order valence-corrected chi connectivity index (χ2v) is 8.51. The molecule has 1 amide bonds. The third-order valence-electron chi connectivity index (χ3n) is 3.16. The summed E-state index contributed by atoms with van der Waals surface area (Å²) in [7, 11) is 0. The van der Waals surface area contributed by atoms with Gasteiger partial charge in [-0.25, -0.2) is 4.98 Å². The van der Waals surface area contributed by atoms with Crippen molar-refractivity contribution in [3.63, 3.8) is 0 Å². The molecule has 0 radical (unpaired) electrons. The number of hydrogen-bond donors (Lipinski definition) is 1. The minimum absolute atomic E-state index is 0.0247. The van der Waals surface area contributed by atoms with E-state index in [-0.39, 0.29) is 5.75 Å². The zero-order chi connectivity index (χ0) is 19.4. The molecule has 0 aliphatic heterocycles. The van der Waals surface area contributed by atoms with Gasteiger partial charge in [-0.15, -0.1) is 22.7 Å². The van der Waals surface area contributed by atoms with Gasteiger partial charge in [0.15, 0.2) is 5.13 Å². The molecule has 2 aromatic heterocycles. The van der Waals surface area contributed by atoms with E-state index < -0.39 is 12.5 Å². The number of hydrogen-bond acceptors (Lipinski definition) is 5. The molecule has 0 saturated carbocycles. The quantitative estimate of drug-likeness (QED) is 0.398. The molecule has 4 nitrogen and oxygen atoms in total. The number of anilines is 1. The van der Waals surface area contributed by atoms with Crippen LogP contribution >= 0.6 is 50.2 Å². The van der Waals surface area contributed by atoms with Crippen molar-refractivity contribution in [1.82, 2.24) is 4.98 Å². The topological polar surface area (TPSA) is 51.2 Å². The van der Waals surface area contributed by atoms with Crippen molar-refractivity contribution in [3.8, 4) is 16.3 Å². The predicted octanol–water partition coefficient (Wildman–Crippen LogP) is 6.54. The third-order valence-corrected chi connectivity index (χ3v) is 5.67. The molecule has 3 aromatic rings. The maximum absolute atomic E-state index is 12.5. The van der Waals surface area contributed by atoms with Crippen molar-refractivity contribution < 1.29 is 18.3 Å². The summed E-state index contributed by atoms with van der Waals surface area (Å²) in [5.74, 6) is -0.466. The van der Waals surface area contributed by atoms with Crippen molar-refractivity contribution in [2.24, 2.45) is 0 Å². The number of carbonyl (C=O) groups is 1. The van der Waals surface area contributed by atoms with E-state index in [1.165, 1.54) is 40.9 Å². The van der Waals surface area contributed by atoms with Gasteiger partial charge < -0.3 is 4.74 Å². The van der Waals surface area contributed by atoms with Gasteiger partial charge in [0.2, 0.25) is 5.91 Å². The zero-order valence-corrected chi connectivity index (χ0v) is 17.3. The van der Waals surface area contributed by atoms with E-state index in [1.54, 1.807) is 18.2 Å². The first-order chi connectivity index (χ1) is 12.9. The minimum Gasteiger partial charge on any atom is -0.434 e. The molecular weight excluding hydrogens is 482 g/mol. The Balaban J connectivity index is 1.69. The highest BCUT2D eigenvalue weighted by Gasteiger charge is 2.10. The number of halogens is 4. The Hall–Kier alpha value is -1.81. The second kappa shape index (κ2) is 8.92. The largest absolute Gasteiger partial charge is 0.434 e. The Labute approximate surface area is 174 Å². The van der Waals surface area contributed by atoms with Crippen LogP contribution < -0.4 is 10.1 Å². The SMILES string of the molecule is O=C(C=Cc1cc(Br)ccc1OC(F)F)Nc1nc(-c2ccc(Cl)s2)cs1. The van der Waals surface area contributed by atoms with E-state index >= 15 is 0 Å². The maximum Gasteiger partial charge on any atom is 0.387 e. The first kappa shape index (κ1) is 19.9. The van der Waals surface area contributed by atoms with Gasteiger partial charge in [0, 0.05) is 21.5 Å². The molecule has 0 saturated heterocycles. The molecule has 0 unspecified atom stereocenters. The average molecular weight is 492 g/mol. The molecule has 3 rings (SSSR count). The average Bonchev–Trinajstić information content (AvgIpc) is 3.23. The normalized spacial score (nSPS) is 11.3. The molecule has 27 heavy (non-hydrogen) atoms. The van der Waals surface area contributed by atoms with E-state index in [2.05, 4.69) is 31.0 Å². The molecule has 2 heterocycles. The first-order valence-corrected chi connectivity index (χ1v) is 10.2. The van der Waals surface area contributed by atoms with Gasteiger partial charge in [0.1, 0.15) is 5.75 Å². The Morgan fingerprint density at radius 2 is 2.15 bits per heavy atom. The molecule has 0 bridgehead atoms. The number of benzene rings is 1. The summed E-state index contributed by atoms with van der Waals surface area (Å²) in [5, 5.41) is 4.87. The van der Waals surface area contributed by atoms with Crippen molar-refractivity contribution in [2.45, 2.75) is 6.61 Å². The summed E-state index contributed by atoms with van der Waals surface area (Å²) in [6.45, 7) is -2.95. The highest BCUT2D eigenvalue weighted by molar-refractivity contribution is 9.10. The van der Waals surface area contributed by atoms with Crippen LogP contribution in [0.3, 0.4) is 0 Å². The highest BCUT2D eigenvalue weighted by atomic mass is 79.9. The molecule has 0 fully saturated rings. The maximum atomic E-state index is 12.5. The van der Waals surface area contributed by atoms with E-state index in [0.29, 0.717) is 19.5 Å². The fourth-order valence-corrected chi connectivity index (χ4v) is 4.23. The summed E-state index contributed by atoms with van der Waals surface area (Å²) in [6.07, 6.45) is 2.62. The van der Waals surface area contributed by atoms with E-state index in [4.69, 9.17) is 11.6 Å². The zero-order valence-electron chi connectivity index (χ0n) is 13.3. The number of alkyl halides is 2. The van der Waals surface area contributed by atoms with E-state index in [1.807, 2.05) is 11.4 Å². The summed E-state index contributed by atoms with van der Waals surface area (Å²) < 4.78 is 30.7. The van der Waals surface area contributed by atoms with Crippen LogP contribution in [0.2, 0.25) is 4.34 Å². The second-order valence-electron chi connectivity index (χ2n) is 5.02. The van der Waals surface area contributed by atoms with Crippen LogP contribution in [0.25, 0.3) is 16.6 Å². The molecule has 10 heteroatoms. The lowest BCUT2D eigenvalue weighted by atomic mass is 10.2. The number of carbonyl (C=O) groups excluding carboxylic acids is 1. The van der Waals surface area contributed by atoms with Gasteiger partial charge in [-0.2, -0.15) is 8.78 Å². The Morgan fingerprint density at radius 1 is 1.33 bits per heavy atom. The lowest BCUT2D eigenvalue weighted by Gasteiger charge is -2.08. The Bertz CT molecular complexity index is 991. The molecule has 0 aliphatic carbocycles. The number of thiophene rings is 1. The van der Waals surface area contributed by atoms with Crippen LogP contribution in [0.15, 0.2) is 46.3 Å². The molecule has 0 aliphatic rings. The van der Waals surface area contributed by atoms with Crippen LogP contribution in [-0.4, -0.2) is 17.5 Å². The lowest BCUT2D eigenvalue weighted by molar-refractivity contribution is -0.111. The Morgan fingerprint density at radius 3 is 2.85 bits per heavy atom. The Kier molecular flexibility index (Phi) is 6.59. The van der Waals surface area contributed by atoms with Crippen LogP contribution in [0.1, 0.15) is 5.56 Å². The standard InChI is InChI=1S/C17H10BrClF2N2O2S2/c18-10-2-3-12(25-16(20)21)9(7-10)1-6-15(24)23-17-22-11(8-26-17)13-4-5-14(19)27-13/h1-8,16H,(H,22,23,24). The van der Waals surface area contributed by atoms with Gasteiger partial charge >= 0.3 is 6.61 Å². The van der Waals surface area contributed by atoms with Crippen LogP contribution in [0.4, 0.5) is 13.9 Å². The molecule has 1 aromatic carbocycles. The van der Waals surface area contributed by atoms with E-state index in [9.17, 15) is 13.6 Å². The highest BCUT2D eigenvalue weighted by Crippen LogP contribution is 2.33. The molecule has 0 atom stereocenters. The first-order valence-electron chi connectivity index (χ1n) is 7.35. The fraction of sp³-hybridized carbons (Fsp3) is 0.0588. The number of rotatable bonds is 6. The summed E-state index contributed by atoms with van der Waals surface area (Å²) >= 11 is 11.8. The number of nitrogens with zero attached hydrogens (tertiary/aromatic N) is 1. The third kappa shape index (κ3) is 5.58. The summed E-state index contributed by atoms with van der Waals surface area (Å²) in [6, 6.07) is 8.17. The summed E-state index contributed by atoms with van der Waals surface area (Å²) in [4.78, 5) is 17.3. The number of ether oxygens (including phenoxy) is 1. The van der Waals surface area contributed by atoms with Gasteiger partial charge in [-0.1, -0.05) is 27.5 Å². The number of aromatic nitrogens is 1. The number of nitrogens with one attached hydrogen (secondary N) is 1. The number of amides is 1. The molecule has 0 spiro atoms. The van der Waals surface area contributed by atoms with Crippen LogP contribution in [0.5, 0.6) is 5.75 Å². The predicted molar refractivity (Wildman–Crippen MR) is 109 cm³/mol. The van der Waals surface area contributed by atoms with Crippen molar-refractivity contribution in [2.75, 3.05) is 5.32 Å². The van der Waals surface area contributed by atoms with Crippen molar-refractivity contribution in [1.29, 1.82) is 0 Å². The molecule has 1 N–H and O–H groups in total. The van der Waals surface area contributed by atoms with Crippen molar-refractivity contribution in [3.05, 3.63) is 56.2 Å². The van der Waals surface area contributed by atoms with Crippen molar-refractivity contribution >= 4 is 67.3 Å². The van der Waals surface area contributed by atoms with E-state index in [0.717, 1.165) is 10.6 Å². The number of thiazole rings is 1. The summed E-state index contributed by atoms with van der Waals surface area (Å²) in [5.41, 5.74) is 1.06. The van der Waals surface area contributed by atoms with Gasteiger partial charge in [-0.3, -0.25) is 10.1 Å². The lowest BCUT2D eigenvalue weighted by Crippen LogP contribution is -2.07. The molecular formula is C17H10BrClF2N2O2S2. The molecule has 140 valence electrons.